The number of carbonyl (C=O) groups excluding carboxylic acids is 1. The zero-order valence-electron chi connectivity index (χ0n) is 9.25. The fourth-order valence-electron chi connectivity index (χ4n) is 1.26. The van der Waals surface area contributed by atoms with Gasteiger partial charge in [-0.15, -0.1) is 0 Å². The molecule has 96 valence electrons. The number of hydrogen-bond acceptors (Lipinski definition) is 4. The van der Waals surface area contributed by atoms with Crippen LogP contribution in [0.15, 0.2) is 12.1 Å². The summed E-state index contributed by atoms with van der Waals surface area (Å²) in [6, 6.07) is 4.52. The van der Waals surface area contributed by atoms with Crippen LogP contribution in [-0.4, -0.2) is 19.2 Å². The van der Waals surface area contributed by atoms with E-state index in [0.717, 1.165) is 0 Å². The molecule has 1 aromatic carbocycles. The van der Waals surface area contributed by atoms with Crippen LogP contribution in [-0.2, 0) is 4.74 Å². The highest BCUT2D eigenvalue weighted by Crippen LogP contribution is 2.30. The predicted molar refractivity (Wildman–Crippen MR) is 66.5 cm³/mol. The number of nitrogens with zero attached hydrogens (tertiary/aromatic N) is 1. The zero-order chi connectivity index (χ0) is 13.7. The van der Waals surface area contributed by atoms with E-state index in [2.05, 4.69) is 4.74 Å². The topological polar surface area (TPSA) is 59.3 Å². The van der Waals surface area contributed by atoms with E-state index in [9.17, 15) is 13.6 Å². The van der Waals surface area contributed by atoms with Crippen molar-refractivity contribution in [3.05, 3.63) is 26.8 Å². The molecule has 1 rings (SSSR count). The lowest BCUT2D eigenvalue weighted by Crippen LogP contribution is -2.13. The van der Waals surface area contributed by atoms with Crippen LogP contribution in [0.1, 0.15) is 22.8 Å². The highest BCUT2D eigenvalue weighted by atomic mass is 127. The summed E-state index contributed by atoms with van der Waals surface area (Å²) in [5.74, 6) is -1.19. The fourth-order valence-corrected chi connectivity index (χ4v) is 1.84. The first-order valence-corrected chi connectivity index (χ1v) is 5.93. The fraction of sp³-hybridized carbons (Fsp3) is 0.273. The van der Waals surface area contributed by atoms with Gasteiger partial charge in [0.25, 0.3) is 0 Å². The minimum Gasteiger partial charge on any atom is -0.462 e. The van der Waals surface area contributed by atoms with Gasteiger partial charge in [-0.3, -0.25) is 0 Å². The van der Waals surface area contributed by atoms with Gasteiger partial charge in [-0.1, -0.05) is 0 Å². The molecule has 0 unspecified atom stereocenters. The highest BCUT2D eigenvalue weighted by molar-refractivity contribution is 14.1. The van der Waals surface area contributed by atoms with Gasteiger partial charge in [-0.25, -0.2) is 4.79 Å². The molecule has 18 heavy (non-hydrogen) atoms. The summed E-state index contributed by atoms with van der Waals surface area (Å²) in [6.45, 7) is -1.44. The molecule has 0 aromatic heterocycles. The van der Waals surface area contributed by atoms with Crippen molar-refractivity contribution in [3.8, 4) is 11.8 Å². The number of esters is 1. The number of ether oxygens (including phenoxy) is 2. The van der Waals surface area contributed by atoms with Gasteiger partial charge in [0.05, 0.1) is 15.7 Å². The normalized spacial score (nSPS) is 10.0. The first kappa shape index (κ1) is 14.6. The Hall–Kier alpha value is -1.43. The summed E-state index contributed by atoms with van der Waals surface area (Å²) in [6.07, 6.45) is 0. The third-order valence-corrected chi connectivity index (χ3v) is 2.77. The van der Waals surface area contributed by atoms with Crippen molar-refractivity contribution in [1.29, 1.82) is 5.26 Å². The quantitative estimate of drug-likeness (QED) is 0.607. The molecule has 0 bridgehead atoms. The number of halogens is 3. The standard InChI is InChI=1S/C11H8F2INO3/c1-2-17-10(16)8-6(5-15)3-4-7(14)9(8)18-11(12)13/h3-4,11H,2H2,1H3. The molecule has 0 aliphatic rings. The van der Waals surface area contributed by atoms with Crippen molar-refractivity contribution in [1.82, 2.24) is 0 Å². The summed E-state index contributed by atoms with van der Waals surface area (Å²) in [5.41, 5.74) is -0.337. The monoisotopic (exact) mass is 367 g/mol. The minimum atomic E-state index is -3.08. The summed E-state index contributed by atoms with van der Waals surface area (Å²) in [4.78, 5) is 11.7. The minimum absolute atomic E-state index is 0.0653. The molecule has 0 N–H and O–H groups in total. The van der Waals surface area contributed by atoms with Gasteiger partial charge in [0.2, 0.25) is 0 Å². The molecule has 0 aliphatic carbocycles. The van der Waals surface area contributed by atoms with E-state index in [1.807, 2.05) is 0 Å². The van der Waals surface area contributed by atoms with Gasteiger partial charge in [-0.2, -0.15) is 14.0 Å². The number of hydrogen-bond donors (Lipinski definition) is 0. The van der Waals surface area contributed by atoms with E-state index < -0.39 is 12.6 Å². The van der Waals surface area contributed by atoms with Crippen molar-refractivity contribution < 1.29 is 23.0 Å². The number of carbonyl (C=O) groups is 1. The Kier molecular flexibility index (Phi) is 5.27. The average molecular weight is 367 g/mol. The summed E-state index contributed by atoms with van der Waals surface area (Å²) in [7, 11) is 0. The number of nitriles is 1. The molecule has 0 heterocycles. The molecule has 7 heteroatoms. The Morgan fingerprint density at radius 2 is 2.22 bits per heavy atom. The molecule has 0 radical (unpaired) electrons. The van der Waals surface area contributed by atoms with Gasteiger partial charge < -0.3 is 9.47 Å². The largest absolute Gasteiger partial charge is 0.462 e. The number of benzene rings is 1. The number of rotatable bonds is 4. The van der Waals surface area contributed by atoms with Crippen LogP contribution < -0.4 is 4.74 Å². The molecular formula is C11H8F2INO3. The van der Waals surface area contributed by atoms with E-state index in [0.29, 0.717) is 3.57 Å². The van der Waals surface area contributed by atoms with E-state index in [-0.39, 0.29) is 23.5 Å². The van der Waals surface area contributed by atoms with Gasteiger partial charge in [-0.05, 0) is 41.6 Å². The predicted octanol–water partition coefficient (Wildman–Crippen LogP) is 2.94. The first-order chi connectivity index (χ1) is 8.51. The second kappa shape index (κ2) is 6.49. The maximum absolute atomic E-state index is 12.3. The van der Waals surface area contributed by atoms with Gasteiger partial charge in [0, 0.05) is 0 Å². The molecule has 0 saturated carbocycles. The second-order valence-corrected chi connectivity index (χ2v) is 4.17. The lowest BCUT2D eigenvalue weighted by Gasteiger charge is -2.12. The Bertz CT molecular complexity index is 500. The lowest BCUT2D eigenvalue weighted by atomic mass is 10.1. The molecule has 4 nitrogen and oxygen atoms in total. The van der Waals surface area contributed by atoms with Crippen molar-refractivity contribution in [2.75, 3.05) is 6.61 Å². The second-order valence-electron chi connectivity index (χ2n) is 3.01. The Labute approximate surface area is 116 Å². The van der Waals surface area contributed by atoms with E-state index in [1.54, 1.807) is 35.6 Å². The van der Waals surface area contributed by atoms with Crippen LogP contribution in [0.3, 0.4) is 0 Å². The maximum Gasteiger partial charge on any atom is 0.387 e. The molecule has 0 amide bonds. The highest BCUT2D eigenvalue weighted by Gasteiger charge is 2.23. The van der Waals surface area contributed by atoms with Gasteiger partial charge in [0.15, 0.2) is 5.75 Å². The van der Waals surface area contributed by atoms with Gasteiger partial charge in [0.1, 0.15) is 11.6 Å². The van der Waals surface area contributed by atoms with Crippen LogP contribution in [0, 0.1) is 14.9 Å². The van der Waals surface area contributed by atoms with Crippen molar-refractivity contribution >= 4 is 28.6 Å². The van der Waals surface area contributed by atoms with Crippen LogP contribution in [0.5, 0.6) is 5.75 Å². The maximum atomic E-state index is 12.3. The third kappa shape index (κ3) is 3.29. The van der Waals surface area contributed by atoms with Crippen LogP contribution >= 0.6 is 22.6 Å². The van der Waals surface area contributed by atoms with Crippen molar-refractivity contribution in [3.63, 3.8) is 0 Å². The smallest absolute Gasteiger partial charge is 0.387 e. The molecule has 0 aliphatic heterocycles. The SMILES string of the molecule is CCOC(=O)c1c(C#N)ccc(I)c1OC(F)F. The molecule has 0 spiro atoms. The third-order valence-electron chi connectivity index (χ3n) is 1.92. The average Bonchev–Trinajstić information content (AvgIpc) is 2.31. The Morgan fingerprint density at radius 3 is 2.72 bits per heavy atom. The Balaban J connectivity index is 3.37. The van der Waals surface area contributed by atoms with Crippen molar-refractivity contribution in [2.45, 2.75) is 13.5 Å². The van der Waals surface area contributed by atoms with Crippen LogP contribution in [0.25, 0.3) is 0 Å². The van der Waals surface area contributed by atoms with Crippen LogP contribution in [0.4, 0.5) is 8.78 Å². The number of alkyl halides is 2. The first-order valence-electron chi connectivity index (χ1n) is 4.85. The summed E-state index contributed by atoms with van der Waals surface area (Å²) in [5, 5.41) is 8.88. The lowest BCUT2D eigenvalue weighted by molar-refractivity contribution is -0.0510. The Morgan fingerprint density at radius 1 is 1.56 bits per heavy atom. The molecular weight excluding hydrogens is 359 g/mol. The molecule has 0 atom stereocenters. The molecule has 0 fully saturated rings. The summed E-state index contributed by atoms with van der Waals surface area (Å²) >= 11 is 1.74. The zero-order valence-corrected chi connectivity index (χ0v) is 11.4. The summed E-state index contributed by atoms with van der Waals surface area (Å²) < 4.78 is 33.9. The van der Waals surface area contributed by atoms with E-state index in [1.165, 1.54) is 12.1 Å². The van der Waals surface area contributed by atoms with Crippen LogP contribution in [0.2, 0.25) is 0 Å². The van der Waals surface area contributed by atoms with E-state index >= 15 is 0 Å². The molecule has 1 aromatic rings. The van der Waals surface area contributed by atoms with Crippen molar-refractivity contribution in [2.24, 2.45) is 0 Å². The molecule has 0 saturated heterocycles. The van der Waals surface area contributed by atoms with E-state index in [4.69, 9.17) is 10.00 Å². The van der Waals surface area contributed by atoms with Gasteiger partial charge >= 0.3 is 12.6 Å².